The molecule has 1 aromatic rings. The lowest BCUT2D eigenvalue weighted by atomic mass is 9.92. The van der Waals surface area contributed by atoms with E-state index in [2.05, 4.69) is 33.5 Å². The Hall–Kier alpha value is -0.910. The maximum atomic E-state index is 11.9. The summed E-state index contributed by atoms with van der Waals surface area (Å²) in [6, 6.07) is 7.58. The largest absolute Gasteiger partial charge is 0.381 e. The van der Waals surface area contributed by atoms with Crippen LogP contribution < -0.4 is 10.6 Å². The van der Waals surface area contributed by atoms with E-state index >= 15 is 0 Å². The molecular formula is C14H19BrN2O2. The van der Waals surface area contributed by atoms with Crippen molar-refractivity contribution in [2.75, 3.05) is 25.1 Å². The Labute approximate surface area is 122 Å². The fraction of sp³-hybridized carbons (Fsp3) is 0.500. The highest BCUT2D eigenvalue weighted by Crippen LogP contribution is 2.19. The van der Waals surface area contributed by atoms with E-state index in [0.29, 0.717) is 6.54 Å². The smallest absolute Gasteiger partial charge is 0.238 e. The van der Waals surface area contributed by atoms with Gasteiger partial charge in [0.2, 0.25) is 5.91 Å². The molecule has 1 aliphatic heterocycles. The van der Waals surface area contributed by atoms with Crippen LogP contribution in [-0.2, 0) is 9.53 Å². The molecule has 1 heterocycles. The van der Waals surface area contributed by atoms with Gasteiger partial charge in [0.05, 0.1) is 6.54 Å². The van der Waals surface area contributed by atoms with E-state index in [4.69, 9.17) is 4.74 Å². The number of rotatable bonds is 4. The predicted octanol–water partition coefficient (Wildman–Crippen LogP) is 2.55. The van der Waals surface area contributed by atoms with Crippen LogP contribution in [0.5, 0.6) is 0 Å². The van der Waals surface area contributed by atoms with Crippen LogP contribution in [0.3, 0.4) is 0 Å². The summed E-state index contributed by atoms with van der Waals surface area (Å²) in [5.74, 6) is -0.0224. The van der Waals surface area contributed by atoms with E-state index in [1.165, 1.54) is 0 Å². The summed E-state index contributed by atoms with van der Waals surface area (Å²) in [5, 5.41) is 6.21. The van der Waals surface area contributed by atoms with Crippen LogP contribution in [0.4, 0.5) is 5.69 Å². The molecule has 1 fully saturated rings. The standard InChI is InChI=1S/C14H19BrN2O2/c1-14(5-7-19-8-6-14)16-10-13(18)17-12-4-2-3-11(15)9-12/h2-4,9,16H,5-8,10H2,1H3,(H,17,18). The summed E-state index contributed by atoms with van der Waals surface area (Å²) in [6.45, 7) is 3.98. The number of amides is 1. The number of carbonyl (C=O) groups is 1. The van der Waals surface area contributed by atoms with Gasteiger partial charge >= 0.3 is 0 Å². The summed E-state index contributed by atoms with van der Waals surface area (Å²) in [5.41, 5.74) is 0.811. The fourth-order valence-corrected chi connectivity index (χ4v) is 2.46. The Morgan fingerprint density at radius 3 is 2.84 bits per heavy atom. The zero-order valence-corrected chi connectivity index (χ0v) is 12.6. The third-order valence-corrected chi connectivity index (χ3v) is 3.87. The van der Waals surface area contributed by atoms with Gasteiger partial charge in [-0.2, -0.15) is 0 Å². The number of carbonyl (C=O) groups excluding carboxylic acids is 1. The van der Waals surface area contributed by atoms with Gasteiger partial charge in [-0.3, -0.25) is 4.79 Å². The van der Waals surface area contributed by atoms with Gasteiger partial charge in [0.25, 0.3) is 0 Å². The monoisotopic (exact) mass is 326 g/mol. The van der Waals surface area contributed by atoms with Gasteiger partial charge in [-0.1, -0.05) is 22.0 Å². The molecule has 0 saturated carbocycles. The van der Waals surface area contributed by atoms with Crippen molar-refractivity contribution in [3.05, 3.63) is 28.7 Å². The highest BCUT2D eigenvalue weighted by molar-refractivity contribution is 9.10. The first-order chi connectivity index (χ1) is 9.07. The second-order valence-electron chi connectivity index (χ2n) is 5.09. The minimum Gasteiger partial charge on any atom is -0.381 e. The van der Waals surface area contributed by atoms with Crippen molar-refractivity contribution < 1.29 is 9.53 Å². The molecule has 0 radical (unpaired) electrons. The minimum absolute atomic E-state index is 0.00681. The maximum Gasteiger partial charge on any atom is 0.238 e. The second kappa shape index (κ2) is 6.50. The molecule has 4 nitrogen and oxygen atoms in total. The van der Waals surface area contributed by atoms with Crippen molar-refractivity contribution >= 4 is 27.5 Å². The van der Waals surface area contributed by atoms with E-state index in [1.807, 2.05) is 24.3 Å². The van der Waals surface area contributed by atoms with Crippen molar-refractivity contribution in [2.45, 2.75) is 25.3 Å². The van der Waals surface area contributed by atoms with Crippen LogP contribution in [0.2, 0.25) is 0 Å². The lowest BCUT2D eigenvalue weighted by Crippen LogP contribution is -2.49. The fourth-order valence-electron chi connectivity index (χ4n) is 2.06. The Balaban J connectivity index is 1.81. The quantitative estimate of drug-likeness (QED) is 0.894. The number of ether oxygens (including phenoxy) is 1. The van der Waals surface area contributed by atoms with Gasteiger partial charge in [-0.15, -0.1) is 0 Å². The highest BCUT2D eigenvalue weighted by atomic mass is 79.9. The Bertz CT molecular complexity index is 445. The lowest BCUT2D eigenvalue weighted by Gasteiger charge is -2.34. The molecule has 2 N–H and O–H groups in total. The molecule has 2 rings (SSSR count). The van der Waals surface area contributed by atoms with E-state index < -0.39 is 0 Å². The van der Waals surface area contributed by atoms with E-state index in [0.717, 1.165) is 36.2 Å². The molecule has 0 unspecified atom stereocenters. The highest BCUT2D eigenvalue weighted by Gasteiger charge is 2.27. The summed E-state index contributed by atoms with van der Waals surface area (Å²) < 4.78 is 6.29. The maximum absolute atomic E-state index is 11.9. The summed E-state index contributed by atoms with van der Waals surface area (Å²) in [6.07, 6.45) is 1.88. The average molecular weight is 327 g/mol. The number of nitrogens with one attached hydrogen (secondary N) is 2. The first-order valence-electron chi connectivity index (χ1n) is 6.46. The van der Waals surface area contributed by atoms with Gasteiger partial charge in [0.15, 0.2) is 0 Å². The molecule has 0 atom stereocenters. The molecule has 1 aromatic carbocycles. The van der Waals surface area contributed by atoms with E-state index in [-0.39, 0.29) is 11.4 Å². The topological polar surface area (TPSA) is 50.4 Å². The third-order valence-electron chi connectivity index (χ3n) is 3.38. The number of hydrogen-bond donors (Lipinski definition) is 2. The number of hydrogen-bond acceptors (Lipinski definition) is 3. The first-order valence-corrected chi connectivity index (χ1v) is 7.25. The summed E-state index contributed by atoms with van der Waals surface area (Å²) in [4.78, 5) is 11.9. The van der Waals surface area contributed by atoms with Crippen LogP contribution >= 0.6 is 15.9 Å². The van der Waals surface area contributed by atoms with Gasteiger partial charge in [-0.05, 0) is 38.0 Å². The molecule has 5 heteroatoms. The SMILES string of the molecule is CC1(NCC(=O)Nc2cccc(Br)c2)CCOCC1. The molecular weight excluding hydrogens is 308 g/mol. The van der Waals surface area contributed by atoms with Crippen molar-refractivity contribution in [3.63, 3.8) is 0 Å². The zero-order chi connectivity index (χ0) is 13.7. The van der Waals surface area contributed by atoms with Gasteiger partial charge in [0.1, 0.15) is 0 Å². The number of anilines is 1. The summed E-state index contributed by atoms with van der Waals surface area (Å²) >= 11 is 3.38. The number of halogens is 1. The van der Waals surface area contributed by atoms with Crippen molar-refractivity contribution in [1.29, 1.82) is 0 Å². The molecule has 1 aliphatic rings. The van der Waals surface area contributed by atoms with Gasteiger partial charge in [-0.25, -0.2) is 0 Å². The van der Waals surface area contributed by atoms with Crippen LogP contribution in [0.15, 0.2) is 28.7 Å². The average Bonchev–Trinajstić information content (AvgIpc) is 2.38. The summed E-state index contributed by atoms with van der Waals surface area (Å²) in [7, 11) is 0. The normalized spacial score (nSPS) is 18.0. The third kappa shape index (κ3) is 4.60. The molecule has 0 bridgehead atoms. The van der Waals surface area contributed by atoms with Crippen LogP contribution in [0.1, 0.15) is 19.8 Å². The Morgan fingerprint density at radius 2 is 2.16 bits per heavy atom. The minimum atomic E-state index is -0.0224. The first kappa shape index (κ1) is 14.5. The van der Waals surface area contributed by atoms with Crippen LogP contribution in [0.25, 0.3) is 0 Å². The molecule has 1 saturated heterocycles. The van der Waals surface area contributed by atoms with Crippen molar-refractivity contribution in [2.24, 2.45) is 0 Å². The Morgan fingerprint density at radius 1 is 1.42 bits per heavy atom. The molecule has 104 valence electrons. The molecule has 0 spiro atoms. The van der Waals surface area contributed by atoms with E-state index in [9.17, 15) is 4.79 Å². The van der Waals surface area contributed by atoms with Gasteiger partial charge in [0, 0.05) is 28.9 Å². The van der Waals surface area contributed by atoms with Crippen LogP contribution in [0, 0.1) is 0 Å². The van der Waals surface area contributed by atoms with Crippen molar-refractivity contribution in [3.8, 4) is 0 Å². The zero-order valence-electron chi connectivity index (χ0n) is 11.0. The molecule has 0 aliphatic carbocycles. The van der Waals surface area contributed by atoms with Gasteiger partial charge < -0.3 is 15.4 Å². The van der Waals surface area contributed by atoms with E-state index in [1.54, 1.807) is 0 Å². The second-order valence-corrected chi connectivity index (χ2v) is 6.00. The van der Waals surface area contributed by atoms with Crippen molar-refractivity contribution in [1.82, 2.24) is 5.32 Å². The lowest BCUT2D eigenvalue weighted by molar-refractivity contribution is -0.116. The Kier molecular flexibility index (Phi) is 4.96. The number of benzene rings is 1. The molecule has 1 amide bonds. The molecule has 0 aromatic heterocycles. The molecule has 19 heavy (non-hydrogen) atoms. The predicted molar refractivity (Wildman–Crippen MR) is 79.2 cm³/mol. The van der Waals surface area contributed by atoms with Crippen LogP contribution in [-0.4, -0.2) is 31.2 Å².